The Bertz CT molecular complexity index is 300. The summed E-state index contributed by atoms with van der Waals surface area (Å²) in [5, 5.41) is 0. The summed E-state index contributed by atoms with van der Waals surface area (Å²) in [5.41, 5.74) is 1.05. The zero-order chi connectivity index (χ0) is 10.6. The Labute approximate surface area is 86.5 Å². The maximum atomic E-state index is 5.46. The molecule has 0 aromatic carbocycles. The Morgan fingerprint density at radius 2 is 2.29 bits per heavy atom. The minimum Gasteiger partial charge on any atom is -0.376 e. The van der Waals surface area contributed by atoms with Gasteiger partial charge in [-0.1, -0.05) is 12.8 Å². The molecule has 0 amide bonds. The lowest BCUT2D eigenvalue weighted by Crippen LogP contribution is -2.28. The van der Waals surface area contributed by atoms with Crippen LogP contribution in [0.4, 0.5) is 0 Å². The topological polar surface area (TPSA) is 9.23 Å². The fourth-order valence-corrected chi connectivity index (χ4v) is 1.94. The molecular formula is C13H16O. The van der Waals surface area contributed by atoms with E-state index in [1.807, 2.05) is 6.08 Å². The van der Waals surface area contributed by atoms with Gasteiger partial charge in [0, 0.05) is 12.7 Å². The average Bonchev–Trinajstić information content (AvgIpc) is 2.26. The minimum atomic E-state index is -0.00569. The van der Waals surface area contributed by atoms with Gasteiger partial charge in [-0.15, -0.1) is 18.8 Å². The van der Waals surface area contributed by atoms with Crippen LogP contribution in [-0.4, -0.2) is 13.2 Å². The standard InChI is InChI=1S/C13H16O/c1-5-10-8-12(7-3)13(14-4)9-11(10)6-2/h2-3,9-10,12-13H,5,8H2,1,4H3. The average molecular weight is 188 g/mol. The lowest BCUT2D eigenvalue weighted by molar-refractivity contribution is 0.0939. The molecular weight excluding hydrogens is 172 g/mol. The highest BCUT2D eigenvalue weighted by molar-refractivity contribution is 5.33. The molecule has 0 N–H and O–H groups in total. The highest BCUT2D eigenvalue weighted by Gasteiger charge is 2.28. The number of ether oxygens (including phenoxy) is 1. The van der Waals surface area contributed by atoms with Crippen molar-refractivity contribution in [2.75, 3.05) is 7.11 Å². The molecule has 3 unspecified atom stereocenters. The molecule has 0 spiro atoms. The Hall–Kier alpha value is -1.18. The molecule has 0 bridgehead atoms. The number of hydrogen-bond acceptors (Lipinski definition) is 1. The van der Waals surface area contributed by atoms with Crippen LogP contribution in [0.1, 0.15) is 19.8 Å². The SMILES string of the molecule is C#CC1=CC(OC)C(C#C)CC1CC. The van der Waals surface area contributed by atoms with Gasteiger partial charge in [0.2, 0.25) is 0 Å². The molecule has 0 aliphatic heterocycles. The van der Waals surface area contributed by atoms with E-state index in [4.69, 9.17) is 17.6 Å². The molecule has 0 aromatic rings. The highest BCUT2D eigenvalue weighted by atomic mass is 16.5. The van der Waals surface area contributed by atoms with Crippen LogP contribution in [-0.2, 0) is 4.74 Å². The van der Waals surface area contributed by atoms with Crippen LogP contribution in [0.5, 0.6) is 0 Å². The predicted molar refractivity (Wildman–Crippen MR) is 58.4 cm³/mol. The second kappa shape index (κ2) is 4.89. The van der Waals surface area contributed by atoms with E-state index < -0.39 is 0 Å². The second-order valence-electron chi connectivity index (χ2n) is 3.58. The summed E-state index contributed by atoms with van der Waals surface area (Å²) in [6, 6.07) is 0. The summed E-state index contributed by atoms with van der Waals surface area (Å²) in [4.78, 5) is 0. The van der Waals surface area contributed by atoms with Crippen LogP contribution in [0, 0.1) is 36.5 Å². The Kier molecular flexibility index (Phi) is 3.81. The van der Waals surface area contributed by atoms with Gasteiger partial charge in [0.25, 0.3) is 0 Å². The first-order valence-electron chi connectivity index (χ1n) is 4.94. The predicted octanol–water partition coefficient (Wildman–Crippen LogP) is 2.24. The van der Waals surface area contributed by atoms with Crippen LogP contribution in [0.2, 0.25) is 0 Å². The van der Waals surface area contributed by atoms with E-state index in [-0.39, 0.29) is 12.0 Å². The van der Waals surface area contributed by atoms with Gasteiger partial charge in [-0.2, -0.15) is 0 Å². The van der Waals surface area contributed by atoms with Gasteiger partial charge in [-0.05, 0) is 24.8 Å². The third-order valence-corrected chi connectivity index (χ3v) is 2.86. The second-order valence-corrected chi connectivity index (χ2v) is 3.58. The van der Waals surface area contributed by atoms with E-state index in [2.05, 4.69) is 18.8 Å². The summed E-state index contributed by atoms with van der Waals surface area (Å²) in [7, 11) is 1.67. The van der Waals surface area contributed by atoms with Crippen LogP contribution in [0.25, 0.3) is 0 Å². The van der Waals surface area contributed by atoms with E-state index in [1.165, 1.54) is 0 Å². The van der Waals surface area contributed by atoms with Crippen molar-refractivity contribution in [3.05, 3.63) is 11.6 Å². The van der Waals surface area contributed by atoms with Gasteiger partial charge in [0.1, 0.15) is 0 Å². The maximum absolute atomic E-state index is 5.46. The molecule has 1 heteroatoms. The van der Waals surface area contributed by atoms with Crippen molar-refractivity contribution in [3.8, 4) is 24.7 Å². The highest BCUT2D eigenvalue weighted by Crippen LogP contribution is 2.32. The molecule has 0 radical (unpaired) electrons. The van der Waals surface area contributed by atoms with Crippen molar-refractivity contribution in [3.63, 3.8) is 0 Å². The fourth-order valence-electron chi connectivity index (χ4n) is 1.94. The van der Waals surface area contributed by atoms with Gasteiger partial charge >= 0.3 is 0 Å². The molecule has 0 aromatic heterocycles. The van der Waals surface area contributed by atoms with Crippen molar-refractivity contribution in [2.24, 2.45) is 11.8 Å². The number of rotatable bonds is 2. The number of hydrogen-bond donors (Lipinski definition) is 0. The third-order valence-electron chi connectivity index (χ3n) is 2.86. The normalized spacial score (nSPS) is 31.4. The summed E-state index contributed by atoms with van der Waals surface area (Å²) in [6.07, 6.45) is 14.9. The van der Waals surface area contributed by atoms with E-state index in [9.17, 15) is 0 Å². The largest absolute Gasteiger partial charge is 0.376 e. The Balaban J connectivity index is 2.92. The smallest absolute Gasteiger partial charge is 0.0901 e. The van der Waals surface area contributed by atoms with Gasteiger partial charge < -0.3 is 4.74 Å². The quantitative estimate of drug-likeness (QED) is 0.604. The van der Waals surface area contributed by atoms with Gasteiger partial charge in [0.05, 0.1) is 12.0 Å². The zero-order valence-corrected chi connectivity index (χ0v) is 8.79. The van der Waals surface area contributed by atoms with Crippen molar-refractivity contribution in [1.29, 1.82) is 0 Å². The molecule has 1 aliphatic carbocycles. The minimum absolute atomic E-state index is 0.00569. The molecule has 1 nitrogen and oxygen atoms in total. The number of terminal acetylenes is 2. The zero-order valence-electron chi connectivity index (χ0n) is 8.79. The summed E-state index contributed by atoms with van der Waals surface area (Å²) >= 11 is 0. The first-order valence-corrected chi connectivity index (χ1v) is 4.94. The lowest BCUT2D eigenvalue weighted by atomic mass is 9.79. The summed E-state index contributed by atoms with van der Waals surface area (Å²) in [5.74, 6) is 6.11. The van der Waals surface area contributed by atoms with Gasteiger partial charge in [0.15, 0.2) is 0 Å². The first-order chi connectivity index (χ1) is 6.76. The van der Waals surface area contributed by atoms with E-state index in [0.29, 0.717) is 5.92 Å². The molecule has 0 fully saturated rings. The summed E-state index contributed by atoms with van der Waals surface area (Å²) in [6.45, 7) is 2.14. The molecule has 0 saturated heterocycles. The molecule has 0 heterocycles. The van der Waals surface area contributed by atoms with Gasteiger partial charge in [-0.25, -0.2) is 0 Å². The molecule has 74 valence electrons. The third kappa shape index (κ3) is 2.00. The monoisotopic (exact) mass is 188 g/mol. The lowest BCUT2D eigenvalue weighted by Gasteiger charge is -2.29. The first kappa shape index (κ1) is 10.9. The van der Waals surface area contributed by atoms with Crippen molar-refractivity contribution in [2.45, 2.75) is 25.9 Å². The molecule has 14 heavy (non-hydrogen) atoms. The Morgan fingerprint density at radius 1 is 1.57 bits per heavy atom. The van der Waals surface area contributed by atoms with E-state index >= 15 is 0 Å². The number of allylic oxidation sites excluding steroid dienone is 1. The van der Waals surface area contributed by atoms with Crippen LogP contribution in [0.3, 0.4) is 0 Å². The van der Waals surface area contributed by atoms with E-state index in [1.54, 1.807) is 7.11 Å². The van der Waals surface area contributed by atoms with Crippen molar-refractivity contribution in [1.82, 2.24) is 0 Å². The fraction of sp³-hybridized carbons (Fsp3) is 0.538. The van der Waals surface area contributed by atoms with Gasteiger partial charge in [-0.3, -0.25) is 0 Å². The maximum Gasteiger partial charge on any atom is 0.0901 e. The Morgan fingerprint density at radius 3 is 2.71 bits per heavy atom. The van der Waals surface area contributed by atoms with Crippen LogP contribution in [0.15, 0.2) is 11.6 Å². The molecule has 1 rings (SSSR count). The van der Waals surface area contributed by atoms with Crippen molar-refractivity contribution >= 4 is 0 Å². The van der Waals surface area contributed by atoms with E-state index in [0.717, 1.165) is 18.4 Å². The molecule has 3 atom stereocenters. The molecule has 0 saturated carbocycles. The summed E-state index contributed by atoms with van der Waals surface area (Å²) < 4.78 is 5.31. The van der Waals surface area contributed by atoms with Crippen LogP contribution < -0.4 is 0 Å². The van der Waals surface area contributed by atoms with Crippen molar-refractivity contribution < 1.29 is 4.74 Å². The molecule has 1 aliphatic rings. The van der Waals surface area contributed by atoms with Crippen LogP contribution >= 0.6 is 0 Å². The number of methoxy groups -OCH3 is 1.